The van der Waals surface area contributed by atoms with Crippen LogP contribution < -0.4 is 0 Å². The summed E-state index contributed by atoms with van der Waals surface area (Å²) in [5.41, 5.74) is 3.58. The summed E-state index contributed by atoms with van der Waals surface area (Å²) in [4.78, 5) is 26.2. The van der Waals surface area contributed by atoms with Crippen molar-refractivity contribution in [3.63, 3.8) is 0 Å². The van der Waals surface area contributed by atoms with Crippen molar-refractivity contribution < 1.29 is 42.1 Å². The summed E-state index contributed by atoms with van der Waals surface area (Å²) in [7, 11) is -8.26. The number of rotatable bonds is 17. The Morgan fingerprint density at radius 1 is 0.867 bits per heavy atom. The molecule has 0 saturated heterocycles. The highest BCUT2D eigenvalue weighted by Gasteiger charge is 2.31. The van der Waals surface area contributed by atoms with E-state index in [1.165, 1.54) is 11.1 Å². The van der Waals surface area contributed by atoms with Crippen molar-refractivity contribution in [1.29, 1.82) is 0 Å². The van der Waals surface area contributed by atoms with Crippen LogP contribution in [0.4, 0.5) is 0 Å². The molecule has 176 valence electrons. The molecule has 11 heteroatoms. The minimum absolute atomic E-state index is 0.275. The molecule has 0 amide bonds. The molecular weight excluding hydrogens is 434 g/mol. The van der Waals surface area contributed by atoms with Crippen molar-refractivity contribution in [1.82, 2.24) is 0 Å². The third-order valence-corrected chi connectivity index (χ3v) is 6.15. The normalized spacial score (nSPS) is 16.0. The number of methoxy groups -OCH3 is 1. The van der Waals surface area contributed by atoms with Crippen LogP contribution >= 0.6 is 15.6 Å². The SMILES string of the molecule is COCOCCC/C(C)=C/CC/C(C)=C/CC/C(C)=C/COP(=O)(O)OP(=O)(O)O. The summed E-state index contributed by atoms with van der Waals surface area (Å²) in [6.45, 7) is 6.82. The number of phosphoric ester groups is 1. The molecule has 1 unspecified atom stereocenters. The van der Waals surface area contributed by atoms with Gasteiger partial charge >= 0.3 is 15.6 Å². The van der Waals surface area contributed by atoms with Crippen LogP contribution in [0.25, 0.3) is 0 Å². The van der Waals surface area contributed by atoms with E-state index in [1.807, 2.05) is 6.92 Å². The van der Waals surface area contributed by atoms with Gasteiger partial charge in [-0.3, -0.25) is 4.52 Å². The van der Waals surface area contributed by atoms with Gasteiger partial charge < -0.3 is 24.2 Å². The van der Waals surface area contributed by atoms with Gasteiger partial charge in [0.2, 0.25) is 0 Å². The average molecular weight is 470 g/mol. The summed E-state index contributed by atoms with van der Waals surface area (Å²) < 4.78 is 40.2. The average Bonchev–Trinajstić information content (AvgIpc) is 2.59. The van der Waals surface area contributed by atoms with E-state index in [0.29, 0.717) is 13.4 Å². The van der Waals surface area contributed by atoms with Crippen molar-refractivity contribution in [3.05, 3.63) is 34.9 Å². The second-order valence-corrected chi connectivity index (χ2v) is 9.81. The quantitative estimate of drug-likeness (QED) is 0.116. The molecule has 0 rings (SSSR count). The molecule has 0 bridgehead atoms. The molecule has 0 aromatic heterocycles. The lowest BCUT2D eigenvalue weighted by molar-refractivity contribution is -0.0310. The van der Waals surface area contributed by atoms with E-state index in [4.69, 9.17) is 19.3 Å². The molecule has 30 heavy (non-hydrogen) atoms. The summed E-state index contributed by atoms with van der Waals surface area (Å²) in [6, 6.07) is 0. The highest BCUT2D eigenvalue weighted by molar-refractivity contribution is 7.60. The standard InChI is InChI=1S/C19H36O9P2/c1-17(8-5-10-18(2)12-7-14-26-16-25-4)9-6-11-19(3)13-15-27-30(23,24)28-29(20,21)22/h9-10,13H,5-8,11-12,14-16H2,1-4H3,(H,23,24)(H2,20,21,22)/b17-9+,18-10+,19-13+. The van der Waals surface area contributed by atoms with Crippen LogP contribution in [-0.2, 0) is 27.4 Å². The molecule has 0 aromatic carbocycles. The van der Waals surface area contributed by atoms with Crippen LogP contribution in [0, 0.1) is 0 Å². The summed E-state index contributed by atoms with van der Waals surface area (Å²) in [5, 5.41) is 0. The zero-order chi connectivity index (χ0) is 23.0. The Kier molecular flexibility index (Phi) is 15.8. The molecule has 3 N–H and O–H groups in total. The summed E-state index contributed by atoms with van der Waals surface area (Å²) >= 11 is 0. The molecule has 9 nitrogen and oxygen atoms in total. The first kappa shape index (κ1) is 29.4. The van der Waals surface area contributed by atoms with Gasteiger partial charge in [0.05, 0.1) is 6.61 Å². The van der Waals surface area contributed by atoms with Gasteiger partial charge in [-0.15, -0.1) is 0 Å². The monoisotopic (exact) mass is 470 g/mol. The van der Waals surface area contributed by atoms with E-state index in [9.17, 15) is 14.0 Å². The van der Waals surface area contributed by atoms with Crippen LogP contribution in [0.15, 0.2) is 34.9 Å². The van der Waals surface area contributed by atoms with Gasteiger partial charge in [0, 0.05) is 13.7 Å². The van der Waals surface area contributed by atoms with E-state index in [2.05, 4.69) is 34.8 Å². The van der Waals surface area contributed by atoms with Gasteiger partial charge in [0.15, 0.2) is 0 Å². The van der Waals surface area contributed by atoms with Gasteiger partial charge in [0.1, 0.15) is 6.79 Å². The van der Waals surface area contributed by atoms with Gasteiger partial charge in [-0.2, -0.15) is 4.31 Å². The Balaban J connectivity index is 4.09. The highest BCUT2D eigenvalue weighted by Crippen LogP contribution is 2.57. The lowest BCUT2D eigenvalue weighted by Gasteiger charge is -2.11. The van der Waals surface area contributed by atoms with E-state index in [1.54, 1.807) is 13.2 Å². The number of hydrogen-bond acceptors (Lipinski definition) is 6. The molecule has 0 fully saturated rings. The first-order valence-corrected chi connectivity index (χ1v) is 12.8. The first-order chi connectivity index (χ1) is 13.9. The Morgan fingerprint density at radius 3 is 1.93 bits per heavy atom. The predicted octanol–water partition coefficient (Wildman–Crippen LogP) is 5.01. The first-order valence-electron chi connectivity index (χ1n) is 9.73. The zero-order valence-corrected chi connectivity index (χ0v) is 20.1. The second-order valence-electron chi connectivity index (χ2n) is 6.98. The fraction of sp³-hybridized carbons (Fsp3) is 0.684. The predicted molar refractivity (Wildman–Crippen MR) is 116 cm³/mol. The molecule has 0 spiro atoms. The third kappa shape index (κ3) is 19.4. The van der Waals surface area contributed by atoms with Gasteiger partial charge in [-0.25, -0.2) is 9.13 Å². The number of ether oxygens (including phenoxy) is 2. The molecule has 0 aromatic rings. The van der Waals surface area contributed by atoms with E-state index in [-0.39, 0.29) is 6.61 Å². The minimum atomic E-state index is -5.09. The molecule has 1 atom stereocenters. The smallest absolute Gasteiger partial charge is 0.359 e. The van der Waals surface area contributed by atoms with E-state index in [0.717, 1.165) is 44.1 Å². The fourth-order valence-electron chi connectivity index (χ4n) is 2.43. The Hall–Kier alpha value is -0.600. The summed E-state index contributed by atoms with van der Waals surface area (Å²) in [5.74, 6) is 0. The Bertz CT molecular complexity index is 665. The molecule has 0 radical (unpaired) electrons. The van der Waals surface area contributed by atoms with Gasteiger partial charge in [-0.1, -0.05) is 34.9 Å². The molecule has 0 heterocycles. The second kappa shape index (κ2) is 16.1. The van der Waals surface area contributed by atoms with Gasteiger partial charge in [-0.05, 0) is 59.3 Å². The Morgan fingerprint density at radius 2 is 1.40 bits per heavy atom. The topological polar surface area (TPSA) is 132 Å². The van der Waals surface area contributed by atoms with Crippen LogP contribution in [-0.4, -0.2) is 41.8 Å². The third-order valence-electron chi connectivity index (χ3n) is 4.00. The van der Waals surface area contributed by atoms with Crippen LogP contribution in [0.5, 0.6) is 0 Å². The van der Waals surface area contributed by atoms with Crippen molar-refractivity contribution in [2.75, 3.05) is 27.1 Å². The number of phosphoric acid groups is 2. The molecule has 0 aliphatic carbocycles. The number of allylic oxidation sites excluding steroid dienone is 5. The highest BCUT2D eigenvalue weighted by atomic mass is 31.3. The van der Waals surface area contributed by atoms with Gasteiger partial charge in [0.25, 0.3) is 0 Å². The van der Waals surface area contributed by atoms with Crippen molar-refractivity contribution in [3.8, 4) is 0 Å². The van der Waals surface area contributed by atoms with Crippen molar-refractivity contribution in [2.45, 2.75) is 59.3 Å². The summed E-state index contributed by atoms with van der Waals surface area (Å²) in [6.07, 6.45) is 11.5. The lowest BCUT2D eigenvalue weighted by Crippen LogP contribution is -1.98. The molecular formula is C19H36O9P2. The van der Waals surface area contributed by atoms with Crippen LogP contribution in [0.3, 0.4) is 0 Å². The maximum Gasteiger partial charge on any atom is 0.481 e. The molecule has 0 saturated carbocycles. The maximum atomic E-state index is 11.3. The fourth-order valence-corrected chi connectivity index (χ4v) is 3.95. The van der Waals surface area contributed by atoms with Crippen LogP contribution in [0.1, 0.15) is 59.3 Å². The largest absolute Gasteiger partial charge is 0.481 e. The lowest BCUT2D eigenvalue weighted by atomic mass is 10.1. The Labute approximate surface area is 179 Å². The maximum absolute atomic E-state index is 11.3. The van der Waals surface area contributed by atoms with Crippen molar-refractivity contribution in [2.24, 2.45) is 0 Å². The zero-order valence-electron chi connectivity index (χ0n) is 18.3. The molecule has 0 aliphatic rings. The minimum Gasteiger partial charge on any atom is -0.359 e. The van der Waals surface area contributed by atoms with E-state index >= 15 is 0 Å². The molecule has 0 aliphatic heterocycles. The van der Waals surface area contributed by atoms with E-state index < -0.39 is 15.6 Å². The number of hydrogen-bond donors (Lipinski definition) is 3. The van der Waals surface area contributed by atoms with Crippen molar-refractivity contribution >= 4 is 15.6 Å². The van der Waals surface area contributed by atoms with Crippen LogP contribution in [0.2, 0.25) is 0 Å².